The number of nitrogens with zero attached hydrogens (tertiary/aromatic N) is 4. The molecule has 3 N–H and O–H groups in total. The number of carboxylic acid groups (broad SMARTS) is 1. The van der Waals surface area contributed by atoms with Crippen molar-refractivity contribution in [1.29, 1.82) is 0 Å². The van der Waals surface area contributed by atoms with Crippen molar-refractivity contribution in [3.8, 4) is 5.88 Å². The zero-order valence-corrected chi connectivity index (χ0v) is 14.2. The van der Waals surface area contributed by atoms with E-state index in [1.807, 2.05) is 20.8 Å². The second kappa shape index (κ2) is 6.71. The highest BCUT2D eigenvalue weighted by atomic mass is 16.7. The fourth-order valence-electron chi connectivity index (χ4n) is 3.16. The van der Waals surface area contributed by atoms with Gasteiger partial charge in [0, 0.05) is 5.92 Å². The van der Waals surface area contributed by atoms with E-state index in [2.05, 4.69) is 15.0 Å². The van der Waals surface area contributed by atoms with Crippen LogP contribution in [0.25, 0.3) is 11.2 Å². The van der Waals surface area contributed by atoms with Crippen LogP contribution in [-0.2, 0) is 9.47 Å². The zero-order valence-electron chi connectivity index (χ0n) is 14.2. The Bertz CT molecular complexity index is 779. The van der Waals surface area contributed by atoms with Crippen molar-refractivity contribution in [2.24, 2.45) is 5.92 Å². The standard InChI is InChI=1S/C15H21N5O5/c1-4-8-10(25-15(21)22)7(3)13(24-8)20-6-17-9-11(20)18-14(16)19-12(9)23-5-2/h6-8,10,13H,4-5H2,1-3H3,(H,21,22)(H2,16,18,19)/t7-,8+,10-,13+/m0/s1. The number of aromatic nitrogens is 4. The molecule has 1 aliphatic rings. The summed E-state index contributed by atoms with van der Waals surface area (Å²) >= 11 is 0. The van der Waals surface area contributed by atoms with E-state index in [-0.39, 0.29) is 18.0 Å². The number of rotatable bonds is 5. The second-order valence-corrected chi connectivity index (χ2v) is 5.82. The quantitative estimate of drug-likeness (QED) is 0.773. The molecule has 10 nitrogen and oxygen atoms in total. The minimum atomic E-state index is -1.32. The molecule has 0 aliphatic carbocycles. The lowest BCUT2D eigenvalue weighted by Gasteiger charge is -2.19. The molecule has 136 valence electrons. The first-order valence-corrected chi connectivity index (χ1v) is 8.14. The molecule has 10 heteroatoms. The van der Waals surface area contributed by atoms with Gasteiger partial charge in [0.1, 0.15) is 12.3 Å². The third-order valence-corrected chi connectivity index (χ3v) is 4.25. The van der Waals surface area contributed by atoms with Crippen LogP contribution in [-0.4, -0.2) is 49.6 Å². The monoisotopic (exact) mass is 351 g/mol. The molecule has 0 radical (unpaired) electrons. The molecule has 2 aromatic rings. The number of nitrogens with two attached hydrogens (primary N) is 1. The lowest BCUT2D eigenvalue weighted by molar-refractivity contribution is -0.0297. The van der Waals surface area contributed by atoms with Crippen molar-refractivity contribution in [1.82, 2.24) is 19.5 Å². The van der Waals surface area contributed by atoms with E-state index in [0.717, 1.165) is 0 Å². The van der Waals surface area contributed by atoms with Crippen molar-refractivity contribution in [3.05, 3.63) is 6.33 Å². The third-order valence-electron chi connectivity index (χ3n) is 4.25. The fraction of sp³-hybridized carbons (Fsp3) is 0.600. The summed E-state index contributed by atoms with van der Waals surface area (Å²) in [7, 11) is 0. The summed E-state index contributed by atoms with van der Waals surface area (Å²) < 4.78 is 18.2. The third kappa shape index (κ3) is 3.04. The number of hydrogen-bond acceptors (Lipinski definition) is 8. The summed E-state index contributed by atoms with van der Waals surface area (Å²) in [6, 6.07) is 0. The molecule has 0 amide bonds. The van der Waals surface area contributed by atoms with Gasteiger partial charge < -0.3 is 25.1 Å². The highest BCUT2D eigenvalue weighted by molar-refractivity contribution is 5.77. The summed E-state index contributed by atoms with van der Waals surface area (Å²) in [4.78, 5) is 23.6. The molecule has 4 atom stereocenters. The van der Waals surface area contributed by atoms with Crippen LogP contribution in [0.4, 0.5) is 10.7 Å². The van der Waals surface area contributed by atoms with Gasteiger partial charge in [-0.2, -0.15) is 9.97 Å². The molecule has 2 aromatic heterocycles. The minimum absolute atomic E-state index is 0.0636. The zero-order chi connectivity index (χ0) is 18.1. The Kier molecular flexibility index (Phi) is 4.62. The Morgan fingerprint density at radius 3 is 2.84 bits per heavy atom. The number of imidazole rings is 1. The Morgan fingerprint density at radius 1 is 1.44 bits per heavy atom. The van der Waals surface area contributed by atoms with Crippen molar-refractivity contribution < 1.29 is 24.1 Å². The van der Waals surface area contributed by atoms with Crippen molar-refractivity contribution in [2.45, 2.75) is 45.6 Å². The molecular weight excluding hydrogens is 330 g/mol. The average molecular weight is 351 g/mol. The average Bonchev–Trinajstić information content (AvgIpc) is 3.09. The van der Waals surface area contributed by atoms with Gasteiger partial charge in [-0.05, 0) is 13.3 Å². The van der Waals surface area contributed by atoms with E-state index in [0.29, 0.717) is 30.1 Å². The maximum absolute atomic E-state index is 11.0. The molecule has 25 heavy (non-hydrogen) atoms. The first-order chi connectivity index (χ1) is 12.0. The largest absolute Gasteiger partial charge is 0.506 e. The van der Waals surface area contributed by atoms with E-state index in [4.69, 9.17) is 25.1 Å². The van der Waals surface area contributed by atoms with Gasteiger partial charge in [-0.15, -0.1) is 0 Å². The summed E-state index contributed by atoms with van der Waals surface area (Å²) in [5, 5.41) is 8.97. The van der Waals surface area contributed by atoms with Crippen molar-refractivity contribution in [2.75, 3.05) is 12.3 Å². The lowest BCUT2D eigenvalue weighted by atomic mass is 10.0. The van der Waals surface area contributed by atoms with Gasteiger partial charge in [0.2, 0.25) is 11.8 Å². The van der Waals surface area contributed by atoms with Crippen molar-refractivity contribution >= 4 is 23.3 Å². The van der Waals surface area contributed by atoms with E-state index in [9.17, 15) is 4.79 Å². The smallest absolute Gasteiger partial charge is 0.476 e. The number of fused-ring (bicyclic) bond motifs is 1. The predicted molar refractivity (Wildman–Crippen MR) is 87.2 cm³/mol. The lowest BCUT2D eigenvalue weighted by Crippen LogP contribution is -2.30. The van der Waals surface area contributed by atoms with Crippen LogP contribution in [0.5, 0.6) is 5.88 Å². The van der Waals surface area contributed by atoms with Crippen LogP contribution in [0.2, 0.25) is 0 Å². The molecule has 0 unspecified atom stereocenters. The van der Waals surface area contributed by atoms with E-state index in [1.165, 1.54) is 0 Å². The Balaban J connectivity index is 2.00. The molecule has 3 rings (SSSR count). The molecule has 0 saturated carbocycles. The van der Waals surface area contributed by atoms with Crippen LogP contribution in [0.1, 0.15) is 33.4 Å². The molecule has 1 aliphatic heterocycles. The topological polar surface area (TPSA) is 135 Å². The summed E-state index contributed by atoms with van der Waals surface area (Å²) in [5.41, 5.74) is 6.72. The summed E-state index contributed by atoms with van der Waals surface area (Å²) in [6.45, 7) is 6.04. The van der Waals surface area contributed by atoms with Gasteiger partial charge in [-0.1, -0.05) is 13.8 Å². The van der Waals surface area contributed by atoms with Gasteiger partial charge in [-0.3, -0.25) is 4.57 Å². The van der Waals surface area contributed by atoms with Crippen LogP contribution >= 0.6 is 0 Å². The fourth-order valence-corrected chi connectivity index (χ4v) is 3.16. The Hall–Kier alpha value is -2.62. The first kappa shape index (κ1) is 17.2. The van der Waals surface area contributed by atoms with Gasteiger partial charge >= 0.3 is 6.16 Å². The number of ether oxygens (including phenoxy) is 3. The van der Waals surface area contributed by atoms with Crippen LogP contribution < -0.4 is 10.5 Å². The first-order valence-electron chi connectivity index (χ1n) is 8.14. The highest BCUT2D eigenvalue weighted by Gasteiger charge is 2.45. The van der Waals surface area contributed by atoms with Crippen LogP contribution in [0.15, 0.2) is 6.33 Å². The molecule has 3 heterocycles. The maximum Gasteiger partial charge on any atom is 0.506 e. The molecule has 0 aromatic carbocycles. The number of hydrogen-bond donors (Lipinski definition) is 2. The Morgan fingerprint density at radius 2 is 2.20 bits per heavy atom. The molecular formula is C15H21N5O5. The predicted octanol–water partition coefficient (Wildman–Crippen LogP) is 1.81. The van der Waals surface area contributed by atoms with E-state index >= 15 is 0 Å². The van der Waals surface area contributed by atoms with Crippen molar-refractivity contribution in [3.63, 3.8) is 0 Å². The van der Waals surface area contributed by atoms with E-state index < -0.39 is 18.5 Å². The van der Waals surface area contributed by atoms with Gasteiger partial charge in [0.25, 0.3) is 0 Å². The van der Waals surface area contributed by atoms with Crippen LogP contribution in [0, 0.1) is 5.92 Å². The normalized spacial score (nSPS) is 26.0. The van der Waals surface area contributed by atoms with E-state index in [1.54, 1.807) is 10.9 Å². The van der Waals surface area contributed by atoms with Crippen LogP contribution in [0.3, 0.4) is 0 Å². The Labute approximate surface area is 143 Å². The second-order valence-electron chi connectivity index (χ2n) is 5.82. The number of carbonyl (C=O) groups is 1. The summed E-state index contributed by atoms with van der Waals surface area (Å²) in [5.74, 6) is 0.138. The van der Waals surface area contributed by atoms with Gasteiger partial charge in [0.15, 0.2) is 11.2 Å². The maximum atomic E-state index is 11.0. The van der Waals surface area contributed by atoms with Gasteiger partial charge in [-0.25, -0.2) is 9.78 Å². The SMILES string of the molecule is CCOc1nc(N)nc2c1ncn2[C@@H]1O[C@H](CC)[C@@H](OC(=O)O)[C@@H]1C. The number of nitrogen functional groups attached to an aromatic ring is 1. The molecule has 1 fully saturated rings. The summed E-state index contributed by atoms with van der Waals surface area (Å²) in [6.07, 6.45) is -0.539. The highest BCUT2D eigenvalue weighted by Crippen LogP contribution is 2.39. The number of anilines is 1. The molecule has 1 saturated heterocycles. The molecule has 0 bridgehead atoms. The molecule has 0 spiro atoms. The minimum Gasteiger partial charge on any atom is -0.476 e. The van der Waals surface area contributed by atoms with Gasteiger partial charge in [0.05, 0.1) is 19.0 Å².